The number of amides is 1. The largest absolute Gasteiger partial charge is 0.480 e. The Bertz CT molecular complexity index is 3210. The second kappa shape index (κ2) is 24.2. The summed E-state index contributed by atoms with van der Waals surface area (Å²) in [5, 5.41) is 22.5. The van der Waals surface area contributed by atoms with Gasteiger partial charge in [-0.3, -0.25) is 49.5 Å². The van der Waals surface area contributed by atoms with Crippen LogP contribution in [0.15, 0.2) is 128 Å². The first-order chi connectivity index (χ1) is 38.1. The van der Waals surface area contributed by atoms with Crippen LogP contribution in [-0.4, -0.2) is 83.2 Å². The number of carboxylic acid groups (broad SMARTS) is 1. The number of benzene rings is 3. The van der Waals surface area contributed by atoms with Crippen LogP contribution in [-0.2, 0) is 64.0 Å². The molecule has 7 aromatic rings. The third-order valence-electron chi connectivity index (χ3n) is 12.9. The standard InChI is InChI=1S/C57H52Cl2N10O10/c1-33(70)76-51-41(31-68(27-36-12-3-7-19-62-36)28-37-13-4-8-20-63-37)49-44(25-46(51)58)57(43-18-17-35(24-40(43)55(75)79-57)53(72)67-48(54(73)74)16-11-23-66-56(60)61)45-26-47(59)52(77-34(2)71)42(50(45)78-49)32-69(29-38-14-5-9-21-64-38)30-39-15-6-10-22-65-39/h3-10,12-15,17-22,24-26,48H,11,16,23,27-32H2,1-2H3,(H,67,72)(H,73,74)(H4,60,61,66). The zero-order chi connectivity index (χ0) is 55.8. The first kappa shape index (κ1) is 55.0. The van der Waals surface area contributed by atoms with E-state index in [0.717, 1.165) is 0 Å². The number of nitrogens with zero attached hydrogens (tertiary/aromatic N) is 6. The number of hydrogen-bond donors (Lipinski definition) is 5. The van der Waals surface area contributed by atoms with Gasteiger partial charge in [0.2, 0.25) is 0 Å². The molecule has 2 aliphatic rings. The van der Waals surface area contributed by atoms with Crippen molar-refractivity contribution in [3.05, 3.63) is 200 Å². The Morgan fingerprint density at radius 2 is 1.14 bits per heavy atom. The number of carbonyl (C=O) groups excluding carboxylic acids is 4. The molecule has 1 atom stereocenters. The van der Waals surface area contributed by atoms with Gasteiger partial charge in [-0.2, -0.15) is 0 Å². The normalized spacial score (nSPS) is 13.1. The number of ether oxygens (including phenoxy) is 4. The Hall–Kier alpha value is -8.82. The SMILES string of the molecule is CC(=O)Oc1c(Cl)cc2c(c1CN(Cc1ccccn1)Cc1ccccn1)Oc1c(cc(Cl)c(OC(C)=O)c1CN(Cc1ccccn1)Cc1ccccn1)C21OC(=O)c2cc(C(=O)NC(CCCNC(=N)N)C(=O)O)ccc21. The third kappa shape index (κ3) is 12.5. The van der Waals surface area contributed by atoms with Crippen molar-refractivity contribution in [1.29, 1.82) is 5.41 Å². The highest BCUT2D eigenvalue weighted by atomic mass is 35.5. The number of guanidine groups is 1. The molecule has 79 heavy (non-hydrogen) atoms. The van der Waals surface area contributed by atoms with Gasteiger partial charge in [0, 0.05) is 107 Å². The summed E-state index contributed by atoms with van der Waals surface area (Å²) < 4.78 is 26.0. The van der Waals surface area contributed by atoms with Crippen LogP contribution in [0.2, 0.25) is 10.0 Å². The van der Waals surface area contributed by atoms with Gasteiger partial charge in [-0.25, -0.2) is 9.59 Å². The van der Waals surface area contributed by atoms with Gasteiger partial charge in [0.05, 0.1) is 49.5 Å². The smallest absolute Gasteiger partial charge is 0.340 e. The zero-order valence-corrected chi connectivity index (χ0v) is 44.2. The summed E-state index contributed by atoms with van der Waals surface area (Å²) in [5.74, 6) is -4.74. The fraction of sp³-hybridized carbons (Fsp3) is 0.228. The lowest BCUT2D eigenvalue weighted by atomic mass is 9.76. The van der Waals surface area contributed by atoms with Crippen LogP contribution in [0.4, 0.5) is 0 Å². The van der Waals surface area contributed by atoms with E-state index in [1.165, 1.54) is 44.2 Å². The molecule has 2 aliphatic heterocycles. The number of carboxylic acids is 1. The lowest BCUT2D eigenvalue weighted by Gasteiger charge is -2.40. The number of aliphatic carboxylic acids is 1. The van der Waals surface area contributed by atoms with E-state index in [9.17, 15) is 29.1 Å². The van der Waals surface area contributed by atoms with E-state index in [2.05, 4.69) is 30.6 Å². The van der Waals surface area contributed by atoms with Gasteiger partial charge in [-0.1, -0.05) is 53.5 Å². The molecular formula is C57H52Cl2N10O10. The molecule has 9 rings (SSSR count). The first-order valence-electron chi connectivity index (χ1n) is 24.9. The summed E-state index contributed by atoms with van der Waals surface area (Å²) >= 11 is 14.6. The second-order valence-electron chi connectivity index (χ2n) is 18.6. The number of halogens is 2. The Kier molecular flexibility index (Phi) is 16.9. The van der Waals surface area contributed by atoms with E-state index in [0.29, 0.717) is 22.8 Å². The minimum atomic E-state index is -2.02. The maximum absolute atomic E-state index is 14.9. The fourth-order valence-electron chi connectivity index (χ4n) is 9.64. The Labute approximate surface area is 463 Å². The van der Waals surface area contributed by atoms with Crippen molar-refractivity contribution >= 4 is 58.9 Å². The molecule has 1 unspecified atom stereocenters. The molecule has 404 valence electrons. The van der Waals surface area contributed by atoms with Gasteiger partial charge in [0.1, 0.15) is 17.5 Å². The number of esters is 3. The van der Waals surface area contributed by atoms with E-state index in [-0.39, 0.29) is 137 Å². The quantitative estimate of drug-likeness (QED) is 0.0151. The fourth-order valence-corrected chi connectivity index (χ4v) is 10.2. The van der Waals surface area contributed by atoms with Gasteiger partial charge >= 0.3 is 23.9 Å². The summed E-state index contributed by atoms with van der Waals surface area (Å²) in [6.07, 6.45) is 6.92. The Morgan fingerprint density at radius 3 is 1.53 bits per heavy atom. The molecule has 0 saturated heterocycles. The molecule has 6 heterocycles. The van der Waals surface area contributed by atoms with E-state index in [1.807, 2.05) is 58.3 Å². The minimum absolute atomic E-state index is 0.00976. The molecule has 20 nitrogen and oxygen atoms in total. The highest BCUT2D eigenvalue weighted by Gasteiger charge is 2.56. The van der Waals surface area contributed by atoms with Crippen molar-refractivity contribution in [2.24, 2.45) is 5.73 Å². The summed E-state index contributed by atoms with van der Waals surface area (Å²) in [7, 11) is 0. The van der Waals surface area contributed by atoms with E-state index >= 15 is 0 Å². The van der Waals surface area contributed by atoms with Gasteiger partial charge in [0.15, 0.2) is 23.1 Å². The number of fused-ring (bicyclic) bond motifs is 6. The molecule has 0 saturated carbocycles. The molecule has 3 aromatic carbocycles. The number of aromatic nitrogens is 4. The highest BCUT2D eigenvalue weighted by Crippen LogP contribution is 2.61. The van der Waals surface area contributed by atoms with Crippen molar-refractivity contribution in [2.75, 3.05) is 6.54 Å². The topological polar surface area (TPSA) is 274 Å². The van der Waals surface area contributed by atoms with Gasteiger partial charge in [0.25, 0.3) is 5.91 Å². The van der Waals surface area contributed by atoms with Crippen molar-refractivity contribution in [1.82, 2.24) is 40.4 Å². The maximum atomic E-state index is 14.9. The van der Waals surface area contributed by atoms with Crippen LogP contribution < -0.4 is 30.6 Å². The van der Waals surface area contributed by atoms with Crippen LogP contribution in [0.1, 0.15) is 98.0 Å². The minimum Gasteiger partial charge on any atom is -0.480 e. The maximum Gasteiger partial charge on any atom is 0.340 e. The number of nitrogens with one attached hydrogen (secondary N) is 3. The van der Waals surface area contributed by atoms with Crippen LogP contribution in [0.3, 0.4) is 0 Å². The van der Waals surface area contributed by atoms with Crippen molar-refractivity contribution in [3.8, 4) is 23.0 Å². The number of rotatable bonds is 21. The first-order valence-corrected chi connectivity index (χ1v) is 25.6. The lowest BCUT2D eigenvalue weighted by molar-refractivity contribution is -0.139. The number of pyridine rings is 4. The summed E-state index contributed by atoms with van der Waals surface area (Å²) in [6, 6.07) is 27.9. The van der Waals surface area contributed by atoms with E-state index < -0.39 is 41.4 Å². The number of nitrogens with two attached hydrogens (primary N) is 1. The average molecular weight is 1110 g/mol. The van der Waals surface area contributed by atoms with Crippen molar-refractivity contribution in [3.63, 3.8) is 0 Å². The molecule has 4 aromatic heterocycles. The molecule has 1 amide bonds. The molecule has 6 N–H and O–H groups in total. The molecular weight excluding hydrogens is 1060 g/mol. The average Bonchev–Trinajstić information content (AvgIpc) is 3.96. The molecule has 0 aliphatic carbocycles. The van der Waals surface area contributed by atoms with Gasteiger partial charge in [-0.05, 0) is 85.6 Å². The van der Waals surface area contributed by atoms with Crippen LogP contribution >= 0.6 is 23.2 Å². The number of hydrogen-bond acceptors (Lipinski definition) is 16. The second-order valence-corrected chi connectivity index (χ2v) is 19.4. The van der Waals surface area contributed by atoms with E-state index in [4.69, 9.17) is 53.3 Å². The Balaban J connectivity index is 1.27. The molecule has 0 bridgehead atoms. The predicted molar refractivity (Wildman–Crippen MR) is 288 cm³/mol. The van der Waals surface area contributed by atoms with E-state index in [1.54, 1.807) is 49.1 Å². The van der Waals surface area contributed by atoms with Gasteiger partial charge < -0.3 is 40.4 Å². The summed E-state index contributed by atoms with van der Waals surface area (Å²) in [6.45, 7) is 3.52. The van der Waals surface area contributed by atoms with Crippen LogP contribution in [0.25, 0.3) is 0 Å². The monoisotopic (exact) mass is 1110 g/mol. The van der Waals surface area contributed by atoms with Crippen LogP contribution in [0, 0.1) is 5.41 Å². The summed E-state index contributed by atoms with van der Waals surface area (Å²) in [5.41, 5.74) is 6.99. The van der Waals surface area contributed by atoms with Crippen molar-refractivity contribution < 1.29 is 48.0 Å². The zero-order valence-electron chi connectivity index (χ0n) is 42.7. The third-order valence-corrected chi connectivity index (χ3v) is 13.5. The molecule has 0 fully saturated rings. The molecule has 0 radical (unpaired) electrons. The molecule has 1 spiro atoms. The molecule has 22 heteroatoms. The lowest BCUT2D eigenvalue weighted by Crippen LogP contribution is -2.41. The predicted octanol–water partition coefficient (Wildman–Crippen LogP) is 7.84. The summed E-state index contributed by atoms with van der Waals surface area (Å²) in [4.78, 5) is 89.9. The van der Waals surface area contributed by atoms with Crippen LogP contribution in [0.5, 0.6) is 23.0 Å². The number of carbonyl (C=O) groups is 5. The van der Waals surface area contributed by atoms with Crippen molar-refractivity contribution in [2.45, 2.75) is 77.6 Å². The van der Waals surface area contributed by atoms with Gasteiger partial charge in [-0.15, -0.1) is 0 Å². The highest BCUT2D eigenvalue weighted by molar-refractivity contribution is 6.33. The Morgan fingerprint density at radius 1 is 0.684 bits per heavy atom.